The molecule has 3 heterocycles. The molecule has 2 aromatic carbocycles. The molecule has 1 aliphatic carbocycles. The fraction of sp³-hybridized carbons (Fsp3) is 0.467. The Morgan fingerprint density at radius 2 is 1.76 bits per heavy atom. The van der Waals surface area contributed by atoms with Crippen molar-refractivity contribution in [2.45, 2.75) is 45.1 Å². The molecule has 6 nitrogen and oxygen atoms in total. The lowest BCUT2D eigenvalue weighted by atomic mass is 9.93. The van der Waals surface area contributed by atoms with Gasteiger partial charge in [0.1, 0.15) is 5.75 Å². The highest BCUT2D eigenvalue weighted by molar-refractivity contribution is 6.32. The molecule has 1 saturated carbocycles. The van der Waals surface area contributed by atoms with E-state index in [1.807, 2.05) is 12.1 Å². The molecule has 0 spiro atoms. The number of Topliss-reactive ketones (excluding diaryl/α,β-unsaturated/α-hetero) is 1. The van der Waals surface area contributed by atoms with E-state index < -0.39 is 0 Å². The second kappa shape index (κ2) is 10.2. The quantitative estimate of drug-likeness (QED) is 0.392. The van der Waals surface area contributed by atoms with Crippen molar-refractivity contribution in [2.75, 3.05) is 37.6 Å². The molecule has 37 heavy (non-hydrogen) atoms. The number of hydrogen-bond donors (Lipinski definition) is 2. The average Bonchev–Trinajstić information content (AvgIpc) is 3.65. The molecular formula is C30H34ClN3O3. The lowest BCUT2D eigenvalue weighted by molar-refractivity contribution is 0.0968. The van der Waals surface area contributed by atoms with Gasteiger partial charge in [0.2, 0.25) is 0 Å². The number of anilines is 1. The highest BCUT2D eigenvalue weighted by atomic mass is 35.5. The average molecular weight is 520 g/mol. The largest absolute Gasteiger partial charge is 0.506 e. The van der Waals surface area contributed by atoms with Gasteiger partial charge in [-0.15, -0.1) is 0 Å². The Morgan fingerprint density at radius 1 is 1.00 bits per heavy atom. The van der Waals surface area contributed by atoms with Crippen molar-refractivity contribution < 1.29 is 15.0 Å². The van der Waals surface area contributed by atoms with Gasteiger partial charge in [0.05, 0.1) is 28.4 Å². The number of aromatic hydroxyl groups is 1. The Hall–Kier alpha value is -2.67. The summed E-state index contributed by atoms with van der Waals surface area (Å²) in [6.07, 6.45) is 8.62. The van der Waals surface area contributed by atoms with Crippen LogP contribution in [0.3, 0.4) is 0 Å². The molecule has 1 aromatic heterocycles. The monoisotopic (exact) mass is 519 g/mol. The highest BCUT2D eigenvalue weighted by Crippen LogP contribution is 2.41. The maximum Gasteiger partial charge on any atom is 0.169 e. The minimum Gasteiger partial charge on any atom is -0.506 e. The highest BCUT2D eigenvalue weighted by Gasteiger charge is 2.34. The predicted molar refractivity (Wildman–Crippen MR) is 147 cm³/mol. The Balaban J connectivity index is 1.38. The zero-order chi connectivity index (χ0) is 25.5. The van der Waals surface area contributed by atoms with Crippen LogP contribution in [0.4, 0.5) is 5.69 Å². The summed E-state index contributed by atoms with van der Waals surface area (Å²) in [4.78, 5) is 23.1. The number of aromatic nitrogens is 1. The first-order chi connectivity index (χ1) is 18.0. The molecule has 0 bridgehead atoms. The summed E-state index contributed by atoms with van der Waals surface area (Å²) in [7, 11) is 0. The number of likely N-dealkylation sites (tertiary alicyclic amines) is 1. The molecular weight excluding hydrogens is 486 g/mol. The van der Waals surface area contributed by atoms with E-state index in [4.69, 9.17) is 16.6 Å². The van der Waals surface area contributed by atoms with Gasteiger partial charge in [-0.25, -0.2) is 0 Å². The smallest absolute Gasteiger partial charge is 0.169 e. The van der Waals surface area contributed by atoms with Crippen LogP contribution in [-0.2, 0) is 6.61 Å². The molecule has 194 valence electrons. The molecule has 2 aliphatic heterocycles. The summed E-state index contributed by atoms with van der Waals surface area (Å²) in [5.74, 6) is 0.947. The second-order valence-electron chi connectivity index (χ2n) is 11.0. The Labute approximate surface area is 222 Å². The van der Waals surface area contributed by atoms with E-state index in [2.05, 4.69) is 15.9 Å². The normalized spacial score (nSPS) is 19.1. The van der Waals surface area contributed by atoms with Crippen LogP contribution < -0.4 is 4.90 Å². The maximum absolute atomic E-state index is 13.4. The third-order valence-corrected chi connectivity index (χ3v) is 8.63. The Bertz CT molecular complexity index is 1330. The summed E-state index contributed by atoms with van der Waals surface area (Å²) in [5.41, 5.74) is 4.71. The molecule has 0 radical (unpaired) electrons. The number of fused-ring (bicyclic) bond motifs is 1. The van der Waals surface area contributed by atoms with E-state index in [0.717, 1.165) is 72.1 Å². The van der Waals surface area contributed by atoms with Gasteiger partial charge in [-0.2, -0.15) is 0 Å². The maximum atomic E-state index is 13.4. The number of hydrogen-bond acceptors (Lipinski definition) is 6. The van der Waals surface area contributed by atoms with Gasteiger partial charge in [0.25, 0.3) is 0 Å². The number of carbonyl (C=O) groups is 1. The standard InChI is InChI=1S/C30H34ClN3O3/c31-26-15-22(13-23(18-35)30(26)37)21-5-6-27-24(14-21)28(25(16-32-27)29(36)20-3-4-20)34-11-7-19(8-12-34)17-33-9-1-2-10-33/h5-6,13-16,19-20,35,37H,1-4,7-12,17-18H2. The first kappa shape index (κ1) is 24.7. The van der Waals surface area contributed by atoms with E-state index in [0.29, 0.717) is 11.5 Å². The lowest BCUT2D eigenvalue weighted by Crippen LogP contribution is -2.39. The fourth-order valence-corrected chi connectivity index (χ4v) is 6.30. The number of aliphatic hydroxyl groups is 1. The molecule has 2 saturated heterocycles. The van der Waals surface area contributed by atoms with Crippen molar-refractivity contribution in [3.63, 3.8) is 0 Å². The summed E-state index contributed by atoms with van der Waals surface area (Å²) >= 11 is 6.27. The third kappa shape index (κ3) is 4.95. The van der Waals surface area contributed by atoms with Gasteiger partial charge in [0.15, 0.2) is 5.78 Å². The van der Waals surface area contributed by atoms with Crippen LogP contribution in [0, 0.1) is 11.8 Å². The molecule has 7 heteroatoms. The minimum atomic E-state index is -0.299. The number of rotatable bonds is 7. The minimum absolute atomic E-state index is 0.0924. The van der Waals surface area contributed by atoms with E-state index in [1.54, 1.807) is 18.3 Å². The number of phenols is 1. The molecule has 0 amide bonds. The number of ketones is 1. The summed E-state index contributed by atoms with van der Waals surface area (Å²) < 4.78 is 0. The number of piperidine rings is 1. The van der Waals surface area contributed by atoms with Gasteiger partial charge < -0.3 is 20.0 Å². The van der Waals surface area contributed by atoms with Crippen LogP contribution >= 0.6 is 11.6 Å². The first-order valence-corrected chi connectivity index (χ1v) is 14.0. The van der Waals surface area contributed by atoms with Gasteiger partial charge >= 0.3 is 0 Å². The first-order valence-electron chi connectivity index (χ1n) is 13.6. The summed E-state index contributed by atoms with van der Waals surface area (Å²) in [6.45, 7) is 5.23. The molecule has 2 N–H and O–H groups in total. The zero-order valence-electron chi connectivity index (χ0n) is 21.1. The van der Waals surface area contributed by atoms with Crippen LogP contribution in [0.25, 0.3) is 22.0 Å². The van der Waals surface area contributed by atoms with Crippen molar-refractivity contribution in [1.82, 2.24) is 9.88 Å². The van der Waals surface area contributed by atoms with Crippen molar-refractivity contribution in [1.29, 1.82) is 0 Å². The second-order valence-corrected chi connectivity index (χ2v) is 11.4. The van der Waals surface area contributed by atoms with Crippen LogP contribution in [-0.4, -0.2) is 58.6 Å². The van der Waals surface area contributed by atoms with Gasteiger partial charge in [-0.1, -0.05) is 17.7 Å². The van der Waals surface area contributed by atoms with E-state index in [1.165, 1.54) is 32.5 Å². The van der Waals surface area contributed by atoms with Crippen LogP contribution in [0.5, 0.6) is 5.75 Å². The van der Waals surface area contributed by atoms with Crippen molar-refractivity contribution >= 4 is 34.0 Å². The van der Waals surface area contributed by atoms with Crippen LogP contribution in [0.1, 0.15) is 54.4 Å². The number of benzene rings is 2. The van der Waals surface area contributed by atoms with Crippen LogP contribution in [0.2, 0.25) is 5.02 Å². The number of halogens is 1. The number of nitrogens with zero attached hydrogens (tertiary/aromatic N) is 3. The number of aliphatic hydroxyl groups excluding tert-OH is 1. The molecule has 3 aromatic rings. The molecule has 0 atom stereocenters. The summed E-state index contributed by atoms with van der Waals surface area (Å²) in [6, 6.07) is 9.53. The van der Waals surface area contributed by atoms with Gasteiger partial charge in [-0.3, -0.25) is 9.78 Å². The van der Waals surface area contributed by atoms with Gasteiger partial charge in [-0.05, 0) is 92.9 Å². The molecule has 3 aliphatic rings. The van der Waals surface area contributed by atoms with E-state index in [9.17, 15) is 15.0 Å². The van der Waals surface area contributed by atoms with Gasteiger partial charge in [0, 0.05) is 42.7 Å². The molecule has 0 unspecified atom stereocenters. The third-order valence-electron chi connectivity index (χ3n) is 8.34. The molecule has 3 fully saturated rings. The fourth-order valence-electron chi connectivity index (χ4n) is 6.06. The van der Waals surface area contributed by atoms with E-state index >= 15 is 0 Å². The van der Waals surface area contributed by atoms with Crippen LogP contribution in [0.15, 0.2) is 36.5 Å². The van der Waals surface area contributed by atoms with Crippen molar-refractivity contribution in [3.05, 3.63) is 52.7 Å². The molecule has 6 rings (SSSR count). The van der Waals surface area contributed by atoms with Crippen molar-refractivity contribution in [2.24, 2.45) is 11.8 Å². The van der Waals surface area contributed by atoms with E-state index in [-0.39, 0.29) is 29.1 Å². The predicted octanol–water partition coefficient (Wildman–Crippen LogP) is 5.66. The SMILES string of the molecule is O=C(c1cnc2ccc(-c3cc(Cl)c(O)c(CO)c3)cc2c1N1CCC(CN2CCCC2)CC1)C1CC1. The summed E-state index contributed by atoms with van der Waals surface area (Å²) in [5, 5.41) is 21.0. The number of carbonyl (C=O) groups excluding carboxylic acids is 1. The van der Waals surface area contributed by atoms with Crippen molar-refractivity contribution in [3.8, 4) is 16.9 Å². The zero-order valence-corrected chi connectivity index (χ0v) is 21.9. The Morgan fingerprint density at radius 3 is 2.46 bits per heavy atom. The topological polar surface area (TPSA) is 76.9 Å². The lowest BCUT2D eigenvalue weighted by Gasteiger charge is -2.36. The Kier molecular flexibility index (Phi) is 6.82. The number of pyridine rings is 1.